The van der Waals surface area contributed by atoms with Crippen LogP contribution in [0.4, 0.5) is 0 Å². The number of hydrogen-bond donors (Lipinski definition) is 1. The van der Waals surface area contributed by atoms with Crippen molar-refractivity contribution in [2.75, 3.05) is 32.7 Å². The van der Waals surface area contributed by atoms with Crippen molar-refractivity contribution in [3.05, 3.63) is 109 Å². The van der Waals surface area contributed by atoms with Gasteiger partial charge in [-0.1, -0.05) is 126 Å². The van der Waals surface area contributed by atoms with Gasteiger partial charge in [-0.15, -0.1) is 11.8 Å². The highest BCUT2D eigenvalue weighted by Crippen LogP contribution is 2.45. The first-order valence-electron chi connectivity index (χ1n) is 22.7. The topological polar surface area (TPSA) is 74.2 Å². The lowest BCUT2D eigenvalue weighted by atomic mass is 9.80. The minimum absolute atomic E-state index is 0.124. The van der Waals surface area contributed by atoms with E-state index in [0.29, 0.717) is 52.1 Å². The standard InChI is InChI=1S/C54H74O6S/c1-15-19-57-46-34-23-35-27-42(53(8,9)10)30-38(47(35)58-20-16-2)25-39-33-45(51(55)56)50(61-14)44(49(39)60-22-18-4)32-40-31-43(54(11,12)13)29-37(48(40)59-21-17-3)24-36(46)28-41(26-34)52(5,6)7/h26-31,33H,15-25,32H2,1-14H3,(H,55,56). The molecule has 0 saturated carbocycles. The number of aromatic carboxylic acids is 1. The van der Waals surface area contributed by atoms with Gasteiger partial charge in [0, 0.05) is 36.1 Å². The molecule has 0 saturated heterocycles. The van der Waals surface area contributed by atoms with E-state index in [9.17, 15) is 9.90 Å². The number of thioether (sulfide) groups is 1. The average molecular weight is 851 g/mol. The molecule has 0 atom stereocenters. The van der Waals surface area contributed by atoms with Gasteiger partial charge in [-0.25, -0.2) is 4.79 Å². The summed E-state index contributed by atoms with van der Waals surface area (Å²) in [6, 6.07) is 15.8. The van der Waals surface area contributed by atoms with Crippen LogP contribution in [-0.4, -0.2) is 43.8 Å². The third-order valence-corrected chi connectivity index (χ3v) is 12.4. The van der Waals surface area contributed by atoms with Crippen LogP contribution >= 0.6 is 11.8 Å². The van der Waals surface area contributed by atoms with Gasteiger partial charge >= 0.3 is 5.97 Å². The van der Waals surface area contributed by atoms with Gasteiger partial charge in [0.2, 0.25) is 0 Å². The van der Waals surface area contributed by atoms with E-state index in [1.54, 1.807) is 0 Å². The number of carboxylic acid groups (broad SMARTS) is 1. The molecule has 0 aromatic heterocycles. The maximum absolute atomic E-state index is 13.3. The summed E-state index contributed by atoms with van der Waals surface area (Å²) in [5.41, 5.74) is 11.7. The molecule has 4 aromatic rings. The van der Waals surface area contributed by atoms with Crippen molar-refractivity contribution >= 4 is 17.7 Å². The molecule has 0 amide bonds. The minimum atomic E-state index is -0.950. The first kappa shape index (κ1) is 47.9. The Kier molecular flexibility index (Phi) is 15.7. The van der Waals surface area contributed by atoms with E-state index in [1.807, 2.05) is 12.3 Å². The predicted molar refractivity (Wildman–Crippen MR) is 255 cm³/mol. The fraction of sp³-hybridized carbons (Fsp3) is 0.537. The molecule has 6 nitrogen and oxygen atoms in total. The van der Waals surface area contributed by atoms with Crippen molar-refractivity contribution in [1.82, 2.24) is 0 Å². The zero-order valence-corrected chi connectivity index (χ0v) is 40.7. The van der Waals surface area contributed by atoms with Gasteiger partial charge in [-0.3, -0.25) is 0 Å². The van der Waals surface area contributed by atoms with Gasteiger partial charge in [0.25, 0.3) is 0 Å². The zero-order valence-electron chi connectivity index (χ0n) is 39.9. The highest BCUT2D eigenvalue weighted by Gasteiger charge is 2.30. The summed E-state index contributed by atoms with van der Waals surface area (Å²) in [5, 5.41) is 10.9. The number of fused-ring (bicyclic) bond motifs is 8. The van der Waals surface area contributed by atoms with Gasteiger partial charge < -0.3 is 24.1 Å². The second-order valence-electron chi connectivity index (χ2n) is 20.0. The van der Waals surface area contributed by atoms with Gasteiger partial charge in [-0.05, 0) is 110 Å². The molecule has 7 heteroatoms. The number of carbonyl (C=O) groups is 1. The van der Waals surface area contributed by atoms with Crippen LogP contribution in [0.5, 0.6) is 23.0 Å². The van der Waals surface area contributed by atoms with Crippen LogP contribution in [0.3, 0.4) is 0 Å². The summed E-state index contributed by atoms with van der Waals surface area (Å²) in [4.78, 5) is 14.1. The molecule has 332 valence electrons. The maximum atomic E-state index is 13.3. The van der Waals surface area contributed by atoms with E-state index in [4.69, 9.17) is 18.9 Å². The molecule has 0 fully saturated rings. The Balaban J connectivity index is 2.05. The predicted octanol–water partition coefficient (Wildman–Crippen LogP) is 13.8. The second kappa shape index (κ2) is 19.9. The lowest BCUT2D eigenvalue weighted by Crippen LogP contribution is -2.17. The van der Waals surface area contributed by atoms with E-state index in [0.717, 1.165) is 98.1 Å². The zero-order chi connectivity index (χ0) is 44.9. The molecule has 0 spiro atoms. The Morgan fingerprint density at radius 3 is 1.03 bits per heavy atom. The van der Waals surface area contributed by atoms with E-state index >= 15 is 0 Å². The van der Waals surface area contributed by atoms with Crippen LogP contribution in [0.1, 0.15) is 187 Å². The molecule has 1 aliphatic carbocycles. The summed E-state index contributed by atoms with van der Waals surface area (Å²) in [6.45, 7) is 31.2. The summed E-state index contributed by atoms with van der Waals surface area (Å²) in [7, 11) is 0. The monoisotopic (exact) mass is 851 g/mol. The molecule has 0 unspecified atom stereocenters. The van der Waals surface area contributed by atoms with Crippen molar-refractivity contribution in [3.8, 4) is 23.0 Å². The van der Waals surface area contributed by atoms with E-state index in [-0.39, 0.29) is 21.8 Å². The summed E-state index contributed by atoms with van der Waals surface area (Å²) < 4.78 is 27.5. The van der Waals surface area contributed by atoms with Crippen LogP contribution in [-0.2, 0) is 41.9 Å². The number of carboxylic acids is 1. The van der Waals surface area contributed by atoms with Crippen molar-refractivity contribution in [1.29, 1.82) is 0 Å². The Morgan fingerprint density at radius 1 is 0.492 bits per heavy atom. The number of rotatable bonds is 14. The molecule has 1 N–H and O–H groups in total. The maximum Gasteiger partial charge on any atom is 0.336 e. The summed E-state index contributed by atoms with van der Waals surface area (Å²) in [5.74, 6) is 2.46. The van der Waals surface area contributed by atoms with Crippen LogP contribution in [0.25, 0.3) is 0 Å². The minimum Gasteiger partial charge on any atom is -0.493 e. The quantitative estimate of drug-likeness (QED) is 0.112. The molecule has 61 heavy (non-hydrogen) atoms. The number of benzene rings is 4. The van der Waals surface area contributed by atoms with E-state index in [2.05, 4.69) is 126 Å². The second-order valence-corrected chi connectivity index (χ2v) is 20.8. The van der Waals surface area contributed by atoms with Gasteiger partial charge in [-0.2, -0.15) is 0 Å². The van der Waals surface area contributed by atoms with Crippen LogP contribution in [0.2, 0.25) is 0 Å². The molecule has 4 aromatic carbocycles. The summed E-state index contributed by atoms with van der Waals surface area (Å²) in [6.07, 6.45) is 7.47. The van der Waals surface area contributed by atoms with Crippen LogP contribution in [0, 0.1) is 0 Å². The Hall–Kier alpha value is -4.10. The van der Waals surface area contributed by atoms with Crippen molar-refractivity contribution in [2.24, 2.45) is 0 Å². The highest BCUT2D eigenvalue weighted by molar-refractivity contribution is 7.98. The fourth-order valence-corrected chi connectivity index (χ4v) is 8.93. The summed E-state index contributed by atoms with van der Waals surface area (Å²) >= 11 is 1.47. The Bertz CT molecular complexity index is 2180. The molecule has 0 radical (unpaired) electrons. The molecule has 8 bridgehead atoms. The van der Waals surface area contributed by atoms with Crippen LogP contribution in [0.15, 0.2) is 47.4 Å². The Morgan fingerprint density at radius 2 is 0.770 bits per heavy atom. The van der Waals surface area contributed by atoms with Crippen molar-refractivity contribution in [3.63, 3.8) is 0 Å². The molecule has 0 heterocycles. The fourth-order valence-electron chi connectivity index (χ4n) is 8.16. The lowest BCUT2D eigenvalue weighted by Gasteiger charge is -2.29. The smallest absolute Gasteiger partial charge is 0.336 e. The average Bonchev–Trinajstić information content (AvgIpc) is 3.17. The number of ether oxygens (including phenoxy) is 4. The molecular formula is C54H74O6S. The van der Waals surface area contributed by atoms with Gasteiger partial charge in [0.1, 0.15) is 23.0 Å². The lowest BCUT2D eigenvalue weighted by molar-refractivity contribution is 0.0692. The third kappa shape index (κ3) is 11.3. The van der Waals surface area contributed by atoms with Gasteiger partial charge in [0.15, 0.2) is 0 Å². The molecular weight excluding hydrogens is 777 g/mol. The normalized spacial score (nSPS) is 13.2. The SMILES string of the molecule is CCCOc1c2cc(C(C)(C)C)cc1Cc1cc(C(C)(C)C)cc(c1OCCC)Cc1c(OCCC)c(cc(C(=O)O)c1SC)Cc1cc(C(C)(C)C)cc(c1OCCC)C2. The molecule has 1 aliphatic rings. The molecule has 0 aliphatic heterocycles. The third-order valence-electron chi connectivity index (χ3n) is 11.5. The highest BCUT2D eigenvalue weighted by atomic mass is 32.2. The number of hydrogen-bond acceptors (Lipinski definition) is 6. The van der Waals surface area contributed by atoms with E-state index < -0.39 is 5.97 Å². The largest absolute Gasteiger partial charge is 0.493 e. The first-order valence-corrected chi connectivity index (χ1v) is 23.9. The first-order chi connectivity index (χ1) is 28.7. The molecule has 5 rings (SSSR count). The van der Waals surface area contributed by atoms with E-state index in [1.165, 1.54) is 28.5 Å². The van der Waals surface area contributed by atoms with Gasteiger partial charge in [0.05, 0.1) is 32.0 Å². The van der Waals surface area contributed by atoms with Crippen LogP contribution < -0.4 is 18.9 Å². The van der Waals surface area contributed by atoms with Crippen molar-refractivity contribution in [2.45, 2.75) is 163 Å². The van der Waals surface area contributed by atoms with Crippen molar-refractivity contribution < 1.29 is 28.8 Å². The Labute approximate surface area is 372 Å².